The first kappa shape index (κ1) is 14.1. The highest BCUT2D eigenvalue weighted by atomic mass is 16.6. The molecule has 0 radical (unpaired) electrons. The van der Waals surface area contributed by atoms with Crippen molar-refractivity contribution >= 4 is 5.97 Å². The highest BCUT2D eigenvalue weighted by molar-refractivity contribution is 5.76. The first-order chi connectivity index (χ1) is 9.31. The second-order valence-corrected chi connectivity index (χ2v) is 5.03. The molecule has 1 atom stereocenters. The molecule has 1 aliphatic rings. The van der Waals surface area contributed by atoms with Crippen molar-refractivity contribution < 1.29 is 14.3 Å². The molecule has 0 N–H and O–H groups in total. The molecule has 0 spiro atoms. The van der Waals surface area contributed by atoms with E-state index in [-0.39, 0.29) is 5.97 Å². The molecular weight excluding hydrogens is 240 g/mol. The minimum absolute atomic E-state index is 0.285. The standard InChI is InChI=1S/C16H22O3/c1-2-18-16(17)15(14-10-4-3-5-11-14)19-12-13-8-6-7-9-13/h3-5,10-11,13,15H,2,6-9,12H2,1H3. The quantitative estimate of drug-likeness (QED) is 0.736. The summed E-state index contributed by atoms with van der Waals surface area (Å²) in [6, 6.07) is 9.59. The maximum Gasteiger partial charge on any atom is 0.339 e. The lowest BCUT2D eigenvalue weighted by Gasteiger charge is -2.19. The Kier molecular flexibility index (Phi) is 5.40. The van der Waals surface area contributed by atoms with Crippen LogP contribution in [0.25, 0.3) is 0 Å². The van der Waals surface area contributed by atoms with Crippen LogP contribution in [0.5, 0.6) is 0 Å². The zero-order valence-corrected chi connectivity index (χ0v) is 11.5. The first-order valence-corrected chi connectivity index (χ1v) is 7.14. The van der Waals surface area contributed by atoms with Crippen molar-refractivity contribution in [2.75, 3.05) is 13.2 Å². The fourth-order valence-corrected chi connectivity index (χ4v) is 2.56. The lowest BCUT2D eigenvalue weighted by Crippen LogP contribution is -2.21. The molecule has 0 aromatic heterocycles. The fraction of sp³-hybridized carbons (Fsp3) is 0.562. The van der Waals surface area contributed by atoms with Gasteiger partial charge in [-0.15, -0.1) is 0 Å². The van der Waals surface area contributed by atoms with E-state index in [1.165, 1.54) is 25.7 Å². The van der Waals surface area contributed by atoms with Crippen molar-refractivity contribution in [3.05, 3.63) is 35.9 Å². The van der Waals surface area contributed by atoms with Crippen molar-refractivity contribution in [3.63, 3.8) is 0 Å². The maximum absolute atomic E-state index is 12.0. The first-order valence-electron chi connectivity index (χ1n) is 7.14. The minimum Gasteiger partial charge on any atom is -0.464 e. The summed E-state index contributed by atoms with van der Waals surface area (Å²) in [5.74, 6) is 0.312. The van der Waals surface area contributed by atoms with Gasteiger partial charge in [0.25, 0.3) is 0 Å². The van der Waals surface area contributed by atoms with E-state index in [9.17, 15) is 4.79 Å². The molecule has 1 aliphatic carbocycles. The molecule has 3 heteroatoms. The van der Waals surface area contributed by atoms with Crippen molar-refractivity contribution in [3.8, 4) is 0 Å². The summed E-state index contributed by atoms with van der Waals surface area (Å²) < 4.78 is 11.0. The van der Waals surface area contributed by atoms with Gasteiger partial charge in [0.2, 0.25) is 0 Å². The normalized spacial score (nSPS) is 17.3. The molecule has 0 aliphatic heterocycles. The predicted molar refractivity (Wildman–Crippen MR) is 73.7 cm³/mol. The Labute approximate surface area is 114 Å². The third kappa shape index (κ3) is 4.06. The van der Waals surface area contributed by atoms with E-state index in [4.69, 9.17) is 9.47 Å². The summed E-state index contributed by atoms with van der Waals surface area (Å²) in [6.45, 7) is 2.85. The Balaban J connectivity index is 1.99. The zero-order chi connectivity index (χ0) is 13.5. The van der Waals surface area contributed by atoms with E-state index in [1.807, 2.05) is 37.3 Å². The van der Waals surface area contributed by atoms with Crippen molar-refractivity contribution in [2.45, 2.75) is 38.7 Å². The van der Waals surface area contributed by atoms with E-state index in [2.05, 4.69) is 0 Å². The van der Waals surface area contributed by atoms with Gasteiger partial charge in [-0.05, 0) is 31.2 Å². The zero-order valence-electron chi connectivity index (χ0n) is 11.5. The van der Waals surface area contributed by atoms with E-state index in [1.54, 1.807) is 0 Å². The summed E-state index contributed by atoms with van der Waals surface area (Å²) in [5, 5.41) is 0. The third-order valence-corrected chi connectivity index (χ3v) is 3.58. The van der Waals surface area contributed by atoms with Crippen LogP contribution >= 0.6 is 0 Å². The van der Waals surface area contributed by atoms with Crippen molar-refractivity contribution in [2.24, 2.45) is 5.92 Å². The average Bonchev–Trinajstić information content (AvgIpc) is 2.94. The van der Waals surface area contributed by atoms with Crippen LogP contribution in [0.1, 0.15) is 44.3 Å². The Morgan fingerprint density at radius 1 is 1.26 bits per heavy atom. The van der Waals surface area contributed by atoms with Gasteiger partial charge in [-0.2, -0.15) is 0 Å². The monoisotopic (exact) mass is 262 g/mol. The van der Waals surface area contributed by atoms with Crippen LogP contribution in [0.3, 0.4) is 0 Å². The van der Waals surface area contributed by atoms with Gasteiger partial charge in [-0.3, -0.25) is 0 Å². The molecule has 0 bridgehead atoms. The van der Waals surface area contributed by atoms with Gasteiger partial charge in [0.05, 0.1) is 13.2 Å². The molecule has 1 fully saturated rings. The number of ether oxygens (including phenoxy) is 2. The van der Waals surface area contributed by atoms with E-state index < -0.39 is 6.10 Å². The SMILES string of the molecule is CCOC(=O)C(OCC1CCCC1)c1ccccc1. The molecule has 3 nitrogen and oxygen atoms in total. The Morgan fingerprint density at radius 3 is 2.58 bits per heavy atom. The molecule has 19 heavy (non-hydrogen) atoms. The van der Waals surface area contributed by atoms with Gasteiger partial charge in [0.1, 0.15) is 0 Å². The molecule has 0 amide bonds. The molecule has 0 heterocycles. The van der Waals surface area contributed by atoms with Crippen molar-refractivity contribution in [1.82, 2.24) is 0 Å². The summed E-state index contributed by atoms with van der Waals surface area (Å²) >= 11 is 0. The molecule has 104 valence electrons. The molecular formula is C16H22O3. The summed E-state index contributed by atoms with van der Waals surface area (Å²) in [6.07, 6.45) is 4.41. The lowest BCUT2D eigenvalue weighted by atomic mass is 10.1. The van der Waals surface area contributed by atoms with E-state index in [0.717, 1.165) is 5.56 Å². The van der Waals surface area contributed by atoms with Crippen LogP contribution in [0.4, 0.5) is 0 Å². The summed E-state index contributed by atoms with van der Waals surface area (Å²) in [5.41, 5.74) is 0.874. The van der Waals surface area contributed by atoms with Crippen LogP contribution in [0, 0.1) is 5.92 Å². The van der Waals surface area contributed by atoms with Gasteiger partial charge >= 0.3 is 5.97 Å². The lowest BCUT2D eigenvalue weighted by molar-refractivity contribution is -0.158. The highest BCUT2D eigenvalue weighted by Crippen LogP contribution is 2.27. The number of carbonyl (C=O) groups excluding carboxylic acids is 1. The largest absolute Gasteiger partial charge is 0.464 e. The average molecular weight is 262 g/mol. The van der Waals surface area contributed by atoms with Gasteiger partial charge < -0.3 is 9.47 Å². The number of rotatable bonds is 6. The second kappa shape index (κ2) is 7.29. The summed E-state index contributed by atoms with van der Waals surface area (Å²) in [4.78, 5) is 12.0. The van der Waals surface area contributed by atoms with Gasteiger partial charge in [0.15, 0.2) is 6.10 Å². The molecule has 1 unspecified atom stereocenters. The highest BCUT2D eigenvalue weighted by Gasteiger charge is 2.25. The van der Waals surface area contributed by atoms with Crippen LogP contribution in [-0.2, 0) is 14.3 Å². The predicted octanol–water partition coefficient (Wildman–Crippen LogP) is 3.50. The number of esters is 1. The van der Waals surface area contributed by atoms with Gasteiger partial charge in [0, 0.05) is 0 Å². The number of hydrogen-bond donors (Lipinski definition) is 0. The van der Waals surface area contributed by atoms with Gasteiger partial charge in [-0.25, -0.2) is 4.79 Å². The number of benzene rings is 1. The van der Waals surface area contributed by atoms with Crippen LogP contribution in [-0.4, -0.2) is 19.2 Å². The topological polar surface area (TPSA) is 35.5 Å². The Hall–Kier alpha value is -1.35. The summed E-state index contributed by atoms with van der Waals surface area (Å²) in [7, 11) is 0. The van der Waals surface area contributed by atoms with E-state index >= 15 is 0 Å². The van der Waals surface area contributed by atoms with E-state index in [0.29, 0.717) is 19.1 Å². The molecule has 1 aromatic rings. The maximum atomic E-state index is 12.0. The second-order valence-electron chi connectivity index (χ2n) is 5.03. The number of carbonyl (C=O) groups is 1. The third-order valence-electron chi connectivity index (χ3n) is 3.58. The van der Waals surface area contributed by atoms with Gasteiger partial charge in [-0.1, -0.05) is 43.2 Å². The fourth-order valence-electron chi connectivity index (χ4n) is 2.56. The Morgan fingerprint density at radius 2 is 1.95 bits per heavy atom. The van der Waals surface area contributed by atoms with Crippen LogP contribution < -0.4 is 0 Å². The van der Waals surface area contributed by atoms with Crippen molar-refractivity contribution in [1.29, 1.82) is 0 Å². The number of hydrogen-bond acceptors (Lipinski definition) is 3. The minimum atomic E-state index is -0.582. The molecule has 0 saturated heterocycles. The Bertz CT molecular complexity index is 382. The molecule has 1 aromatic carbocycles. The smallest absolute Gasteiger partial charge is 0.339 e. The molecule has 1 saturated carbocycles. The van der Waals surface area contributed by atoms with Crippen LogP contribution in [0.15, 0.2) is 30.3 Å². The molecule has 2 rings (SSSR count). The van der Waals surface area contributed by atoms with Crippen LogP contribution in [0.2, 0.25) is 0 Å².